The predicted octanol–water partition coefficient (Wildman–Crippen LogP) is 2.45. The van der Waals surface area contributed by atoms with Crippen molar-refractivity contribution in [2.24, 2.45) is 5.41 Å². The minimum absolute atomic E-state index is 0.00782. The van der Waals surface area contributed by atoms with Crippen LogP contribution < -0.4 is 5.32 Å². The molecule has 0 aliphatic heterocycles. The first kappa shape index (κ1) is 15.7. The molecule has 3 heteroatoms. The van der Waals surface area contributed by atoms with Gasteiger partial charge in [0.2, 0.25) is 5.91 Å². The summed E-state index contributed by atoms with van der Waals surface area (Å²) in [7, 11) is 0. The van der Waals surface area contributed by atoms with Gasteiger partial charge in [-0.3, -0.25) is 4.79 Å². The van der Waals surface area contributed by atoms with Crippen LogP contribution in [-0.4, -0.2) is 23.7 Å². The number of amides is 1. The number of hydrogen-bond acceptors (Lipinski definition) is 2. The van der Waals surface area contributed by atoms with E-state index in [-0.39, 0.29) is 11.3 Å². The lowest BCUT2D eigenvalue weighted by molar-refractivity contribution is -0.121. The topological polar surface area (TPSA) is 49.3 Å². The van der Waals surface area contributed by atoms with E-state index in [9.17, 15) is 9.90 Å². The van der Waals surface area contributed by atoms with E-state index in [2.05, 4.69) is 18.3 Å². The third-order valence-corrected chi connectivity index (χ3v) is 3.37. The van der Waals surface area contributed by atoms with Crippen molar-refractivity contribution < 1.29 is 9.90 Å². The van der Waals surface area contributed by atoms with Gasteiger partial charge in [-0.1, -0.05) is 45.0 Å². The summed E-state index contributed by atoms with van der Waals surface area (Å²) >= 11 is 0. The summed E-state index contributed by atoms with van der Waals surface area (Å²) in [5.74, 6) is -0.00782. The van der Waals surface area contributed by atoms with E-state index in [0.29, 0.717) is 13.0 Å². The molecule has 0 aliphatic rings. The fraction of sp³-hybridized carbons (Fsp3) is 0.562. The molecule has 1 rings (SSSR count). The minimum Gasteiger partial charge on any atom is -0.391 e. The molecule has 0 saturated carbocycles. The summed E-state index contributed by atoms with van der Waals surface area (Å²) in [4.78, 5) is 11.7. The Morgan fingerprint density at radius 1 is 1.32 bits per heavy atom. The van der Waals surface area contributed by atoms with Crippen molar-refractivity contribution in [2.45, 2.75) is 46.6 Å². The van der Waals surface area contributed by atoms with E-state index in [1.165, 1.54) is 11.1 Å². The zero-order valence-corrected chi connectivity index (χ0v) is 12.4. The Morgan fingerprint density at radius 3 is 2.53 bits per heavy atom. The van der Waals surface area contributed by atoms with Gasteiger partial charge >= 0.3 is 0 Å². The summed E-state index contributed by atoms with van der Waals surface area (Å²) in [6.45, 7) is 8.23. The maximum absolute atomic E-state index is 11.7. The van der Waals surface area contributed by atoms with Crippen molar-refractivity contribution in [1.29, 1.82) is 0 Å². The largest absolute Gasteiger partial charge is 0.391 e. The van der Waals surface area contributed by atoms with Crippen LogP contribution in [0.2, 0.25) is 0 Å². The highest BCUT2D eigenvalue weighted by atomic mass is 16.3. The average molecular weight is 263 g/mol. The zero-order chi connectivity index (χ0) is 14.5. The third-order valence-electron chi connectivity index (χ3n) is 3.37. The lowest BCUT2D eigenvalue weighted by Gasteiger charge is -2.25. The van der Waals surface area contributed by atoms with Crippen LogP contribution in [-0.2, 0) is 11.2 Å². The highest BCUT2D eigenvalue weighted by molar-refractivity contribution is 5.76. The monoisotopic (exact) mass is 263 g/mol. The molecule has 2 N–H and O–H groups in total. The molecule has 1 aromatic carbocycles. The second-order valence-corrected chi connectivity index (χ2v) is 6.11. The Hall–Kier alpha value is -1.35. The van der Waals surface area contributed by atoms with Gasteiger partial charge in [0.05, 0.1) is 6.10 Å². The fourth-order valence-electron chi connectivity index (χ4n) is 1.74. The van der Waals surface area contributed by atoms with Crippen molar-refractivity contribution in [1.82, 2.24) is 5.32 Å². The second-order valence-electron chi connectivity index (χ2n) is 6.11. The molecule has 1 unspecified atom stereocenters. The second kappa shape index (κ2) is 6.71. The van der Waals surface area contributed by atoms with Crippen molar-refractivity contribution in [3.05, 3.63) is 35.4 Å². The molecular formula is C16H25NO2. The van der Waals surface area contributed by atoms with E-state index in [1.54, 1.807) is 0 Å². The Morgan fingerprint density at radius 2 is 1.95 bits per heavy atom. The van der Waals surface area contributed by atoms with Crippen LogP contribution in [0.5, 0.6) is 0 Å². The number of aryl methyl sites for hydroxylation is 2. The lowest BCUT2D eigenvalue weighted by Crippen LogP contribution is -2.39. The van der Waals surface area contributed by atoms with Crippen LogP contribution in [0.25, 0.3) is 0 Å². The van der Waals surface area contributed by atoms with Gasteiger partial charge in [-0.05, 0) is 29.9 Å². The molecule has 106 valence electrons. The molecule has 1 amide bonds. The van der Waals surface area contributed by atoms with Crippen molar-refractivity contribution in [3.8, 4) is 0 Å². The number of hydrogen-bond donors (Lipinski definition) is 2. The molecule has 0 fully saturated rings. The van der Waals surface area contributed by atoms with E-state index >= 15 is 0 Å². The van der Waals surface area contributed by atoms with Crippen LogP contribution in [0, 0.1) is 12.3 Å². The first-order valence-corrected chi connectivity index (χ1v) is 6.80. The van der Waals surface area contributed by atoms with Gasteiger partial charge in [-0.25, -0.2) is 0 Å². The molecule has 0 bridgehead atoms. The number of nitrogens with one attached hydrogen (secondary N) is 1. The van der Waals surface area contributed by atoms with E-state index in [1.807, 2.05) is 39.0 Å². The fourth-order valence-corrected chi connectivity index (χ4v) is 1.74. The molecule has 1 aromatic rings. The highest BCUT2D eigenvalue weighted by Gasteiger charge is 2.22. The molecular weight excluding hydrogens is 238 g/mol. The SMILES string of the molecule is Cc1ccccc1CCC(=O)NCC(O)C(C)(C)C. The summed E-state index contributed by atoms with van der Waals surface area (Å²) in [5.41, 5.74) is 2.21. The number of benzene rings is 1. The molecule has 0 saturated heterocycles. The van der Waals surface area contributed by atoms with Crippen LogP contribution in [0.4, 0.5) is 0 Å². The van der Waals surface area contributed by atoms with Crippen molar-refractivity contribution in [2.75, 3.05) is 6.54 Å². The molecule has 19 heavy (non-hydrogen) atoms. The molecule has 1 atom stereocenters. The highest BCUT2D eigenvalue weighted by Crippen LogP contribution is 2.18. The van der Waals surface area contributed by atoms with Crippen molar-refractivity contribution in [3.63, 3.8) is 0 Å². The van der Waals surface area contributed by atoms with Crippen molar-refractivity contribution >= 4 is 5.91 Å². The number of aliphatic hydroxyl groups is 1. The number of carbonyl (C=O) groups excluding carboxylic acids is 1. The number of aliphatic hydroxyl groups excluding tert-OH is 1. The maximum Gasteiger partial charge on any atom is 0.220 e. The summed E-state index contributed by atoms with van der Waals surface area (Å²) in [6.07, 6.45) is 0.682. The molecule has 0 radical (unpaired) electrons. The standard InChI is InChI=1S/C16H25NO2/c1-12-7-5-6-8-13(12)9-10-15(19)17-11-14(18)16(2,3)4/h5-8,14,18H,9-11H2,1-4H3,(H,17,19). The first-order valence-electron chi connectivity index (χ1n) is 6.80. The smallest absolute Gasteiger partial charge is 0.220 e. The quantitative estimate of drug-likeness (QED) is 0.857. The predicted molar refractivity (Wildman–Crippen MR) is 78.0 cm³/mol. The Labute approximate surface area is 116 Å². The van der Waals surface area contributed by atoms with Crippen LogP contribution in [0.1, 0.15) is 38.3 Å². The molecule has 0 heterocycles. The molecule has 0 aromatic heterocycles. The normalized spacial score (nSPS) is 13.1. The number of rotatable bonds is 5. The number of carbonyl (C=O) groups is 1. The Bertz CT molecular complexity index is 421. The minimum atomic E-state index is -0.519. The average Bonchev–Trinajstić information content (AvgIpc) is 2.33. The van der Waals surface area contributed by atoms with E-state index in [4.69, 9.17) is 0 Å². The maximum atomic E-state index is 11.7. The molecule has 0 spiro atoms. The summed E-state index contributed by atoms with van der Waals surface area (Å²) in [5, 5.41) is 12.6. The molecule has 0 aliphatic carbocycles. The van der Waals surface area contributed by atoms with Gasteiger partial charge in [-0.2, -0.15) is 0 Å². The zero-order valence-electron chi connectivity index (χ0n) is 12.4. The van der Waals surface area contributed by atoms with Gasteiger partial charge in [-0.15, -0.1) is 0 Å². The third kappa shape index (κ3) is 5.43. The van der Waals surface area contributed by atoms with Gasteiger partial charge in [0, 0.05) is 13.0 Å². The van der Waals surface area contributed by atoms with Crippen LogP contribution >= 0.6 is 0 Å². The Kier molecular flexibility index (Phi) is 5.55. The van der Waals surface area contributed by atoms with Gasteiger partial charge in [0.25, 0.3) is 0 Å². The van der Waals surface area contributed by atoms with Gasteiger partial charge in [0.15, 0.2) is 0 Å². The van der Waals surface area contributed by atoms with Crippen LogP contribution in [0.3, 0.4) is 0 Å². The molecule has 3 nitrogen and oxygen atoms in total. The summed E-state index contributed by atoms with van der Waals surface area (Å²) < 4.78 is 0. The first-order chi connectivity index (χ1) is 8.80. The summed E-state index contributed by atoms with van der Waals surface area (Å²) in [6, 6.07) is 8.09. The van der Waals surface area contributed by atoms with Gasteiger partial charge < -0.3 is 10.4 Å². The van der Waals surface area contributed by atoms with Gasteiger partial charge in [0.1, 0.15) is 0 Å². The lowest BCUT2D eigenvalue weighted by atomic mass is 9.89. The van der Waals surface area contributed by atoms with Crippen LogP contribution in [0.15, 0.2) is 24.3 Å². The van der Waals surface area contributed by atoms with E-state index in [0.717, 1.165) is 6.42 Å². The van der Waals surface area contributed by atoms with E-state index < -0.39 is 6.10 Å². The Balaban J connectivity index is 2.35.